The largest absolute Gasteiger partial charge is 0.395 e. The van der Waals surface area contributed by atoms with Gasteiger partial charge in [-0.15, -0.1) is 0 Å². The molecule has 86 valence electrons. The summed E-state index contributed by atoms with van der Waals surface area (Å²) >= 11 is 3.94. The molecule has 0 aliphatic rings. The lowest BCUT2D eigenvalue weighted by molar-refractivity contribution is -0.116. The van der Waals surface area contributed by atoms with Crippen molar-refractivity contribution in [2.45, 2.75) is 5.25 Å². The molecule has 0 aliphatic heterocycles. The highest BCUT2D eigenvalue weighted by Crippen LogP contribution is 1.88. The van der Waals surface area contributed by atoms with Crippen molar-refractivity contribution in [2.24, 2.45) is 5.73 Å². The molecule has 5 nitrogen and oxygen atoms in total. The van der Waals surface area contributed by atoms with E-state index in [1.165, 1.54) is 6.08 Å². The molecule has 0 aromatic heterocycles. The van der Waals surface area contributed by atoms with Gasteiger partial charge in [-0.1, -0.05) is 13.2 Å². The third-order valence-corrected chi connectivity index (χ3v) is 1.46. The molecule has 0 rings (SSSR count). The Bertz CT molecular complexity index is 231. The Morgan fingerprint density at radius 2 is 1.93 bits per heavy atom. The molecule has 0 saturated heterocycles. The van der Waals surface area contributed by atoms with Gasteiger partial charge in [-0.25, -0.2) is 0 Å². The summed E-state index contributed by atoms with van der Waals surface area (Å²) in [5.74, 6) is -0.725. The molecule has 0 radical (unpaired) electrons. The molecule has 0 bridgehead atoms. The molecular weight excluding hydrogens is 216 g/mol. The number of nitrogens with one attached hydrogen (secondary N) is 1. The molecule has 0 spiro atoms. The van der Waals surface area contributed by atoms with E-state index in [1.807, 2.05) is 0 Å². The van der Waals surface area contributed by atoms with Gasteiger partial charge in [-0.05, 0) is 12.2 Å². The molecule has 0 aliphatic carbocycles. The van der Waals surface area contributed by atoms with Crippen molar-refractivity contribution in [3.8, 4) is 0 Å². The summed E-state index contributed by atoms with van der Waals surface area (Å²) in [7, 11) is 0. The number of hydrogen-bond donors (Lipinski definition) is 4. The van der Waals surface area contributed by atoms with Crippen LogP contribution in [0.5, 0.6) is 0 Å². The summed E-state index contributed by atoms with van der Waals surface area (Å²) in [5.41, 5.74) is 4.53. The zero-order chi connectivity index (χ0) is 12.3. The third kappa shape index (κ3) is 15.5. The fourth-order valence-corrected chi connectivity index (χ4v) is 0.446. The lowest BCUT2D eigenvalue weighted by Gasteiger charge is -2.05. The van der Waals surface area contributed by atoms with E-state index in [-0.39, 0.29) is 17.8 Å². The predicted molar refractivity (Wildman–Crippen MR) is 62.5 cm³/mol. The van der Waals surface area contributed by atoms with Crippen LogP contribution >= 0.6 is 12.6 Å². The molecule has 0 heterocycles. The summed E-state index contributed by atoms with van der Waals surface area (Å²) < 4.78 is 0. The minimum absolute atomic E-state index is 0.0411. The van der Waals surface area contributed by atoms with Crippen LogP contribution in [-0.2, 0) is 9.59 Å². The number of hydrogen-bond acceptors (Lipinski definition) is 4. The maximum atomic E-state index is 10.5. The van der Waals surface area contributed by atoms with Crippen LogP contribution < -0.4 is 11.1 Å². The van der Waals surface area contributed by atoms with Crippen LogP contribution in [0.15, 0.2) is 25.3 Å². The van der Waals surface area contributed by atoms with Crippen molar-refractivity contribution < 1.29 is 14.7 Å². The summed E-state index contributed by atoms with van der Waals surface area (Å²) in [6.45, 7) is 6.67. The number of aliphatic hydroxyl groups is 1. The van der Waals surface area contributed by atoms with Crippen molar-refractivity contribution in [1.29, 1.82) is 0 Å². The molecule has 4 N–H and O–H groups in total. The van der Waals surface area contributed by atoms with Gasteiger partial charge in [-0.2, -0.15) is 12.6 Å². The molecule has 0 aromatic carbocycles. The van der Waals surface area contributed by atoms with Crippen LogP contribution in [-0.4, -0.2) is 35.3 Å². The van der Waals surface area contributed by atoms with E-state index >= 15 is 0 Å². The molecule has 0 fully saturated rings. The second-order valence-corrected chi connectivity index (χ2v) is 3.12. The van der Waals surface area contributed by atoms with Crippen LogP contribution in [0.2, 0.25) is 0 Å². The molecule has 6 heteroatoms. The van der Waals surface area contributed by atoms with Crippen LogP contribution in [0, 0.1) is 0 Å². The molecule has 1 atom stereocenters. The zero-order valence-corrected chi connectivity index (χ0v) is 9.24. The fraction of sp³-hybridized carbons (Fsp3) is 0.333. The number of thiol groups is 1. The first-order chi connectivity index (χ1) is 6.97. The number of rotatable bonds is 5. The van der Waals surface area contributed by atoms with E-state index in [9.17, 15) is 9.59 Å². The van der Waals surface area contributed by atoms with E-state index in [2.05, 4.69) is 36.8 Å². The summed E-state index contributed by atoms with van der Waals surface area (Å²) in [4.78, 5) is 20.0. The van der Waals surface area contributed by atoms with Crippen molar-refractivity contribution >= 4 is 24.4 Å². The van der Waals surface area contributed by atoms with Crippen molar-refractivity contribution in [3.05, 3.63) is 25.3 Å². The molecule has 0 saturated carbocycles. The highest BCUT2D eigenvalue weighted by Gasteiger charge is 2.00. The van der Waals surface area contributed by atoms with E-state index in [0.29, 0.717) is 6.54 Å². The zero-order valence-electron chi connectivity index (χ0n) is 8.35. The molecule has 1 unspecified atom stereocenters. The second-order valence-electron chi connectivity index (χ2n) is 2.39. The topological polar surface area (TPSA) is 92.4 Å². The Kier molecular flexibility index (Phi) is 11.7. The maximum absolute atomic E-state index is 10.5. The summed E-state index contributed by atoms with van der Waals surface area (Å²) in [5, 5.41) is 10.8. The average Bonchev–Trinajstić information content (AvgIpc) is 2.25. The van der Waals surface area contributed by atoms with Crippen molar-refractivity contribution in [3.63, 3.8) is 0 Å². The van der Waals surface area contributed by atoms with Gasteiger partial charge in [0, 0.05) is 11.8 Å². The van der Waals surface area contributed by atoms with Crippen LogP contribution in [0.3, 0.4) is 0 Å². The Balaban J connectivity index is 0. The van der Waals surface area contributed by atoms with Crippen LogP contribution in [0.25, 0.3) is 0 Å². The van der Waals surface area contributed by atoms with Gasteiger partial charge in [-0.3, -0.25) is 9.59 Å². The molecule has 0 aromatic rings. The number of carbonyl (C=O) groups excluding carboxylic acids is 2. The second kappa shape index (κ2) is 10.8. The lowest BCUT2D eigenvalue weighted by Crippen LogP contribution is -2.29. The number of primary amides is 1. The van der Waals surface area contributed by atoms with Gasteiger partial charge >= 0.3 is 0 Å². The van der Waals surface area contributed by atoms with Gasteiger partial charge in [0.2, 0.25) is 11.8 Å². The smallest absolute Gasteiger partial charge is 0.243 e. The van der Waals surface area contributed by atoms with Gasteiger partial charge in [0.15, 0.2) is 0 Å². The number of amides is 2. The Morgan fingerprint density at radius 3 is 2.20 bits per heavy atom. The SMILES string of the molecule is C=CC(=O)NCC(S)CO.C=CC(N)=O. The van der Waals surface area contributed by atoms with E-state index in [1.54, 1.807) is 0 Å². The molecule has 2 amide bonds. The normalized spacial score (nSPS) is 10.3. The summed E-state index contributed by atoms with van der Waals surface area (Å²) in [6, 6.07) is 0. The van der Waals surface area contributed by atoms with Crippen molar-refractivity contribution in [2.75, 3.05) is 13.2 Å². The monoisotopic (exact) mass is 232 g/mol. The van der Waals surface area contributed by atoms with Gasteiger partial charge in [0.25, 0.3) is 0 Å². The minimum Gasteiger partial charge on any atom is -0.395 e. The first-order valence-electron chi connectivity index (χ1n) is 4.09. The molecular formula is C9H16N2O3S. The van der Waals surface area contributed by atoms with Crippen molar-refractivity contribution in [1.82, 2.24) is 5.32 Å². The van der Waals surface area contributed by atoms with Gasteiger partial charge in [0.05, 0.1) is 6.61 Å². The highest BCUT2D eigenvalue weighted by molar-refractivity contribution is 7.81. The predicted octanol–water partition coefficient (Wildman–Crippen LogP) is -0.763. The first kappa shape index (κ1) is 16.2. The standard InChI is InChI=1S/C6H11NO2S.C3H5NO/c1-2-6(9)7-3-5(10)4-8;1-2-3(4)5/h2,5,8,10H,1,3-4H2,(H,7,9);2H,1H2,(H2,4,5). The fourth-order valence-electron chi connectivity index (χ4n) is 0.355. The Hall–Kier alpha value is -1.27. The third-order valence-electron chi connectivity index (χ3n) is 1.11. The Labute approximate surface area is 94.4 Å². The van der Waals surface area contributed by atoms with E-state index < -0.39 is 5.91 Å². The van der Waals surface area contributed by atoms with E-state index in [0.717, 1.165) is 6.08 Å². The first-order valence-corrected chi connectivity index (χ1v) is 4.60. The van der Waals surface area contributed by atoms with Gasteiger partial charge in [0.1, 0.15) is 0 Å². The number of carbonyl (C=O) groups is 2. The maximum Gasteiger partial charge on any atom is 0.243 e. The van der Waals surface area contributed by atoms with Crippen LogP contribution in [0.4, 0.5) is 0 Å². The summed E-state index contributed by atoms with van der Waals surface area (Å²) in [6.07, 6.45) is 2.23. The lowest BCUT2D eigenvalue weighted by atomic mass is 10.4. The number of aliphatic hydroxyl groups excluding tert-OH is 1. The quantitative estimate of drug-likeness (QED) is 0.371. The Morgan fingerprint density at radius 1 is 1.47 bits per heavy atom. The van der Waals surface area contributed by atoms with E-state index in [4.69, 9.17) is 5.11 Å². The average molecular weight is 232 g/mol. The van der Waals surface area contributed by atoms with Gasteiger partial charge < -0.3 is 16.2 Å². The number of nitrogens with two attached hydrogens (primary N) is 1. The van der Waals surface area contributed by atoms with Crippen LogP contribution in [0.1, 0.15) is 0 Å². The highest BCUT2D eigenvalue weighted by atomic mass is 32.1. The molecule has 15 heavy (non-hydrogen) atoms. The minimum atomic E-state index is -0.481.